The number of benzene rings is 8. The van der Waals surface area contributed by atoms with Gasteiger partial charge >= 0.3 is 6.16 Å². The molecule has 10 atom stereocenters. The number of alkyl halides is 3. The Balaban J connectivity index is 1.00. The Hall–Kier alpha value is -6.99. The molecule has 0 spiro atoms. The molecule has 0 aromatic heterocycles. The number of hydrogen-bond donors (Lipinski definition) is 1. The lowest BCUT2D eigenvalue weighted by Gasteiger charge is -2.50. The van der Waals surface area contributed by atoms with Gasteiger partial charge in [-0.15, -0.1) is 0 Å². The van der Waals surface area contributed by atoms with Gasteiger partial charge in [0.15, 0.2) is 12.4 Å². The highest BCUT2D eigenvalue weighted by Gasteiger charge is 2.56. The SMILES string of the molecule is N=C(O[C@H]1O[C@H](COCc2ccccc2)[C@@H](O[C@@H]2O[C@H](COCc3ccccc3)[C@H](OCc3ccccc3)[C@H](OC(=O)OCC3c4ccccc4-c4ccccc43)[C@H]2OCc2ccccc2)[C@H](OCc2ccccc2)[C@H]1OCc1ccccc1)C(Cl)(Cl)Cl. The normalized spacial score (nSPS) is 22.5. The van der Waals surface area contributed by atoms with Gasteiger partial charge in [0.2, 0.25) is 12.2 Å². The molecule has 456 valence electrons. The van der Waals surface area contributed by atoms with Crippen LogP contribution in [-0.4, -0.2) is 97.1 Å². The molecule has 0 bridgehead atoms. The Labute approximate surface area is 527 Å². The van der Waals surface area contributed by atoms with Crippen molar-refractivity contribution in [3.05, 3.63) is 275 Å². The average molecular weight is 1250 g/mol. The fourth-order valence-electron chi connectivity index (χ4n) is 11.1. The monoisotopic (exact) mass is 1250 g/mol. The van der Waals surface area contributed by atoms with Crippen LogP contribution in [0.15, 0.2) is 231 Å². The van der Waals surface area contributed by atoms with Crippen LogP contribution in [0.3, 0.4) is 0 Å². The van der Waals surface area contributed by atoms with Crippen molar-refractivity contribution in [1.29, 1.82) is 5.41 Å². The largest absolute Gasteiger partial charge is 0.508 e. The molecular formula is C71H68Cl3NO13. The molecule has 8 aromatic rings. The highest BCUT2D eigenvalue weighted by Crippen LogP contribution is 2.45. The summed E-state index contributed by atoms with van der Waals surface area (Å²) in [6.07, 6.45) is -13.2. The summed E-state index contributed by atoms with van der Waals surface area (Å²) in [5, 5.41) is 8.87. The Kier molecular flexibility index (Phi) is 22.0. The van der Waals surface area contributed by atoms with Crippen LogP contribution in [0.1, 0.15) is 50.4 Å². The molecule has 3 aliphatic rings. The average Bonchev–Trinajstić information content (AvgIpc) is 1.42. The fourth-order valence-corrected chi connectivity index (χ4v) is 11.3. The van der Waals surface area contributed by atoms with E-state index < -0.39 is 77.3 Å². The molecule has 0 saturated carbocycles. The van der Waals surface area contributed by atoms with Gasteiger partial charge in [-0.2, -0.15) is 0 Å². The van der Waals surface area contributed by atoms with Crippen LogP contribution < -0.4 is 0 Å². The van der Waals surface area contributed by atoms with Crippen LogP contribution in [0.25, 0.3) is 11.1 Å². The number of nitrogens with one attached hydrogen (secondary N) is 1. The summed E-state index contributed by atoms with van der Waals surface area (Å²) in [5.74, 6) is -0.998. The van der Waals surface area contributed by atoms with E-state index >= 15 is 0 Å². The summed E-state index contributed by atoms with van der Waals surface area (Å²) in [6, 6.07) is 74.0. The minimum absolute atomic E-state index is 0.0104. The van der Waals surface area contributed by atoms with Crippen LogP contribution in [0.2, 0.25) is 0 Å². The zero-order chi connectivity index (χ0) is 60.5. The van der Waals surface area contributed by atoms with E-state index in [4.69, 9.17) is 97.1 Å². The maximum Gasteiger partial charge on any atom is 0.508 e. The van der Waals surface area contributed by atoms with Gasteiger partial charge in [0.1, 0.15) is 49.3 Å². The van der Waals surface area contributed by atoms with E-state index in [-0.39, 0.29) is 65.4 Å². The number of carbonyl (C=O) groups excluding carboxylic acids is 1. The first kappa shape index (κ1) is 62.6. The van der Waals surface area contributed by atoms with Crippen LogP contribution in [-0.2, 0) is 96.5 Å². The van der Waals surface area contributed by atoms with E-state index in [0.717, 1.165) is 55.6 Å². The minimum atomic E-state index is -2.29. The Bertz CT molecular complexity index is 3380. The molecule has 0 amide bonds. The van der Waals surface area contributed by atoms with Crippen molar-refractivity contribution >= 4 is 46.9 Å². The van der Waals surface area contributed by atoms with Crippen LogP contribution in [0.5, 0.6) is 0 Å². The van der Waals surface area contributed by atoms with E-state index in [1.54, 1.807) is 0 Å². The third-order valence-corrected chi connectivity index (χ3v) is 16.0. The van der Waals surface area contributed by atoms with Crippen molar-refractivity contribution in [3.63, 3.8) is 0 Å². The molecule has 88 heavy (non-hydrogen) atoms. The number of carbonyl (C=O) groups is 1. The molecule has 2 heterocycles. The fraction of sp³-hybridized carbons (Fsp3) is 0.296. The predicted molar refractivity (Wildman–Crippen MR) is 334 cm³/mol. The first-order valence-electron chi connectivity index (χ1n) is 29.3. The Morgan fingerprint density at radius 2 is 0.739 bits per heavy atom. The predicted octanol–water partition coefficient (Wildman–Crippen LogP) is 14.3. The van der Waals surface area contributed by atoms with E-state index in [2.05, 4.69) is 24.3 Å². The lowest BCUT2D eigenvalue weighted by Crippen LogP contribution is -2.67. The van der Waals surface area contributed by atoms with Gasteiger partial charge < -0.3 is 56.8 Å². The highest BCUT2D eigenvalue weighted by molar-refractivity contribution is 6.76. The molecule has 14 nitrogen and oxygen atoms in total. The quantitative estimate of drug-likeness (QED) is 0.0237. The summed E-state index contributed by atoms with van der Waals surface area (Å²) in [4.78, 5) is 14.9. The van der Waals surface area contributed by atoms with Gasteiger partial charge in [0.05, 0.1) is 52.9 Å². The van der Waals surface area contributed by atoms with Gasteiger partial charge in [-0.25, -0.2) is 4.79 Å². The summed E-state index contributed by atoms with van der Waals surface area (Å²) < 4.78 is 79.5. The maximum atomic E-state index is 14.9. The lowest BCUT2D eigenvalue weighted by molar-refractivity contribution is -0.370. The van der Waals surface area contributed by atoms with Crippen molar-refractivity contribution in [2.24, 2.45) is 0 Å². The Morgan fingerprint density at radius 3 is 1.17 bits per heavy atom. The van der Waals surface area contributed by atoms with Gasteiger partial charge in [-0.1, -0.05) is 265 Å². The molecule has 2 aliphatic heterocycles. The van der Waals surface area contributed by atoms with Crippen LogP contribution >= 0.6 is 34.8 Å². The second kappa shape index (κ2) is 31.0. The lowest BCUT2D eigenvalue weighted by atomic mass is 9.95. The second-order valence-corrected chi connectivity index (χ2v) is 23.8. The molecular weight excluding hydrogens is 1180 g/mol. The molecule has 0 unspecified atom stereocenters. The second-order valence-electron chi connectivity index (χ2n) is 21.5. The Morgan fingerprint density at radius 1 is 0.386 bits per heavy atom. The molecule has 8 aromatic carbocycles. The topological polar surface area (TPSA) is 152 Å². The number of rotatable bonds is 26. The van der Waals surface area contributed by atoms with Gasteiger partial charge in [-0.3, -0.25) is 5.41 Å². The van der Waals surface area contributed by atoms with Gasteiger partial charge in [-0.05, 0) is 55.6 Å². The third-order valence-electron chi connectivity index (χ3n) is 15.5. The molecule has 17 heteroatoms. The number of ether oxygens (including phenoxy) is 12. The molecule has 2 saturated heterocycles. The molecule has 1 aliphatic carbocycles. The third kappa shape index (κ3) is 16.6. The summed E-state index contributed by atoms with van der Waals surface area (Å²) in [7, 11) is 0. The molecule has 2 fully saturated rings. The van der Waals surface area contributed by atoms with E-state index in [9.17, 15) is 4.79 Å². The number of hydrogen-bond acceptors (Lipinski definition) is 14. The standard InChI is InChI=1S/C71H68Cl3NO13/c72-71(73,74)69(75)88-68-65(81-43-52-31-15-5-16-32-52)63(80-42-51-29-13-4-14-30-51)62(60(85-68)47-78-40-49-25-9-2-10-26-49)86-67-66(82-44-53-33-17-6-18-34-53)64(87-70(76)83-45-58-56-37-21-19-35-54(56)55-36-20-22-38-57(55)58)61(79-41-50-27-11-3-12-28-50)59(84-67)46-77-39-48-23-7-1-8-24-48/h1-38,58-68,75H,39-47H2/t59-,60-,61+,62-,63+,64+,65-,66-,67+,68-/m1/s1. The zero-order valence-electron chi connectivity index (χ0n) is 48.1. The first-order valence-corrected chi connectivity index (χ1v) is 30.4. The van der Waals surface area contributed by atoms with E-state index in [1.807, 2.05) is 206 Å². The number of fused-ring (bicyclic) bond motifs is 3. The summed E-state index contributed by atoms with van der Waals surface area (Å²) >= 11 is 19.0. The van der Waals surface area contributed by atoms with Crippen molar-refractivity contribution in [2.75, 3.05) is 19.8 Å². The van der Waals surface area contributed by atoms with Crippen molar-refractivity contribution < 1.29 is 61.6 Å². The molecule has 0 radical (unpaired) electrons. The van der Waals surface area contributed by atoms with Crippen molar-refractivity contribution in [3.8, 4) is 11.1 Å². The summed E-state index contributed by atoms with van der Waals surface area (Å²) in [5.41, 5.74) is 9.30. The van der Waals surface area contributed by atoms with Crippen LogP contribution in [0, 0.1) is 5.41 Å². The van der Waals surface area contributed by atoms with Crippen LogP contribution in [0.4, 0.5) is 4.79 Å². The smallest absolute Gasteiger partial charge is 0.445 e. The highest BCUT2D eigenvalue weighted by atomic mass is 35.6. The summed E-state index contributed by atoms with van der Waals surface area (Å²) in [6.45, 7) is 0.322. The van der Waals surface area contributed by atoms with Crippen molar-refractivity contribution in [2.45, 2.75) is 111 Å². The number of halogens is 3. The zero-order valence-corrected chi connectivity index (χ0v) is 50.4. The maximum absolute atomic E-state index is 14.9. The van der Waals surface area contributed by atoms with E-state index in [1.165, 1.54) is 0 Å². The molecule has 11 rings (SSSR count). The van der Waals surface area contributed by atoms with Gasteiger partial charge in [0, 0.05) is 5.92 Å². The van der Waals surface area contributed by atoms with Gasteiger partial charge in [0.25, 0.3) is 3.79 Å². The minimum Gasteiger partial charge on any atom is -0.445 e. The molecule has 1 N–H and O–H groups in total. The first-order chi connectivity index (χ1) is 43.1. The van der Waals surface area contributed by atoms with E-state index in [0.29, 0.717) is 0 Å². The van der Waals surface area contributed by atoms with Crippen molar-refractivity contribution in [1.82, 2.24) is 0 Å².